The summed E-state index contributed by atoms with van der Waals surface area (Å²) in [5, 5.41) is 13.8. The molecule has 0 aromatic carbocycles. The largest absolute Gasteiger partial charge is 0.472 e. The molecule has 62 heavy (non-hydrogen) atoms. The van der Waals surface area contributed by atoms with Crippen LogP contribution in [0, 0.1) is 0 Å². The zero-order chi connectivity index (χ0) is 45.7. The maximum absolute atomic E-state index is 12.9. The first-order chi connectivity index (χ1) is 30.0. The summed E-state index contributed by atoms with van der Waals surface area (Å²) in [6.45, 7) is 4.64. The van der Waals surface area contributed by atoms with Crippen LogP contribution in [0.3, 0.4) is 0 Å². The van der Waals surface area contributed by atoms with Crippen LogP contribution in [0.25, 0.3) is 0 Å². The number of phosphoric ester groups is 1. The van der Waals surface area contributed by atoms with Crippen LogP contribution in [0.15, 0.2) is 85.1 Å². The van der Waals surface area contributed by atoms with Crippen molar-refractivity contribution in [2.75, 3.05) is 40.9 Å². The summed E-state index contributed by atoms with van der Waals surface area (Å²) in [4.78, 5) is 23.2. The van der Waals surface area contributed by atoms with Gasteiger partial charge in [-0.3, -0.25) is 13.8 Å². The van der Waals surface area contributed by atoms with Crippen LogP contribution in [-0.4, -0.2) is 73.4 Å². The Labute approximate surface area is 382 Å². The van der Waals surface area contributed by atoms with E-state index in [1.54, 1.807) is 6.08 Å². The lowest BCUT2D eigenvalue weighted by molar-refractivity contribution is -0.870. The smallest absolute Gasteiger partial charge is 0.387 e. The van der Waals surface area contributed by atoms with E-state index in [1.165, 1.54) is 103 Å². The van der Waals surface area contributed by atoms with Gasteiger partial charge in [-0.25, -0.2) is 4.57 Å². The number of aliphatic hydroxyl groups excluding tert-OH is 1. The molecule has 3 unspecified atom stereocenters. The molecule has 0 aromatic heterocycles. The lowest BCUT2D eigenvalue weighted by atomic mass is 10.0. The number of unbranched alkanes of at least 4 members (excludes halogenated alkanes) is 19. The van der Waals surface area contributed by atoms with E-state index in [0.29, 0.717) is 17.4 Å². The highest BCUT2D eigenvalue weighted by atomic mass is 31.2. The second-order valence-electron chi connectivity index (χ2n) is 17.8. The van der Waals surface area contributed by atoms with E-state index in [9.17, 15) is 19.4 Å². The Morgan fingerprint density at radius 1 is 0.565 bits per heavy atom. The molecule has 0 spiro atoms. The number of nitrogens with one attached hydrogen (secondary N) is 1. The van der Waals surface area contributed by atoms with Crippen LogP contribution in [-0.2, 0) is 18.4 Å². The number of hydrogen-bond donors (Lipinski definition) is 3. The van der Waals surface area contributed by atoms with Crippen molar-refractivity contribution in [1.29, 1.82) is 0 Å². The van der Waals surface area contributed by atoms with E-state index in [2.05, 4.69) is 92.1 Å². The Morgan fingerprint density at radius 2 is 0.984 bits per heavy atom. The molecule has 358 valence electrons. The van der Waals surface area contributed by atoms with Crippen molar-refractivity contribution in [3.05, 3.63) is 85.1 Å². The quantitative estimate of drug-likeness (QED) is 0.0244. The summed E-state index contributed by atoms with van der Waals surface area (Å²) in [6, 6.07) is -0.874. The van der Waals surface area contributed by atoms with Gasteiger partial charge in [-0.1, -0.05) is 189 Å². The fourth-order valence-corrected chi connectivity index (χ4v) is 7.39. The second kappa shape index (κ2) is 43.9. The van der Waals surface area contributed by atoms with Crippen molar-refractivity contribution in [2.45, 2.75) is 206 Å². The van der Waals surface area contributed by atoms with Gasteiger partial charge in [0.1, 0.15) is 13.2 Å². The van der Waals surface area contributed by atoms with Crippen LogP contribution in [0.4, 0.5) is 0 Å². The molecule has 8 nitrogen and oxygen atoms in total. The highest BCUT2D eigenvalue weighted by Gasteiger charge is 2.27. The Kier molecular flexibility index (Phi) is 42.3. The summed E-state index contributed by atoms with van der Waals surface area (Å²) in [7, 11) is 1.53. The number of phosphoric acid groups is 1. The van der Waals surface area contributed by atoms with Gasteiger partial charge in [0.15, 0.2) is 0 Å². The van der Waals surface area contributed by atoms with Gasteiger partial charge in [0, 0.05) is 6.42 Å². The van der Waals surface area contributed by atoms with Crippen molar-refractivity contribution < 1.29 is 32.9 Å². The van der Waals surface area contributed by atoms with Crippen LogP contribution in [0.2, 0.25) is 0 Å². The van der Waals surface area contributed by atoms with Crippen LogP contribution in [0.5, 0.6) is 0 Å². The van der Waals surface area contributed by atoms with E-state index in [0.717, 1.165) is 70.6 Å². The Bertz CT molecular complexity index is 1280. The van der Waals surface area contributed by atoms with E-state index >= 15 is 0 Å². The molecule has 0 fully saturated rings. The molecule has 0 saturated carbocycles. The minimum absolute atomic E-state index is 0.0495. The second-order valence-corrected chi connectivity index (χ2v) is 19.2. The van der Waals surface area contributed by atoms with Gasteiger partial charge in [-0.05, 0) is 83.5 Å². The lowest BCUT2D eigenvalue weighted by Crippen LogP contribution is -2.45. The molecule has 0 radical (unpaired) electrons. The van der Waals surface area contributed by atoms with Gasteiger partial charge in [-0.15, -0.1) is 0 Å². The number of likely N-dealkylation sites (N-methyl/N-ethyl adjacent to an activating group) is 1. The highest BCUT2D eigenvalue weighted by Crippen LogP contribution is 2.43. The summed E-state index contributed by atoms with van der Waals surface area (Å²) in [6.07, 6.45) is 60.9. The van der Waals surface area contributed by atoms with Crippen molar-refractivity contribution in [1.82, 2.24) is 5.32 Å². The average Bonchev–Trinajstić information content (AvgIpc) is 3.23. The topological polar surface area (TPSA) is 105 Å². The van der Waals surface area contributed by atoms with E-state index < -0.39 is 20.0 Å². The number of nitrogens with zero attached hydrogens (tertiary/aromatic N) is 1. The zero-order valence-corrected chi connectivity index (χ0v) is 41.5. The molecule has 1 amide bonds. The number of carbonyl (C=O) groups excluding carboxylic acids is 1. The summed E-state index contributed by atoms with van der Waals surface area (Å²) >= 11 is 0. The van der Waals surface area contributed by atoms with Gasteiger partial charge in [-0.2, -0.15) is 0 Å². The summed E-state index contributed by atoms with van der Waals surface area (Å²) in [5.74, 6) is -0.197. The van der Waals surface area contributed by atoms with Crippen LogP contribution < -0.4 is 5.32 Å². The first kappa shape index (κ1) is 59.7. The molecule has 0 aromatic rings. The fourth-order valence-electron chi connectivity index (χ4n) is 6.65. The molecule has 0 aliphatic heterocycles. The summed E-state index contributed by atoms with van der Waals surface area (Å²) < 4.78 is 23.6. The Hall–Kier alpha value is -2.32. The number of carbonyl (C=O) groups is 1. The number of allylic oxidation sites excluding steroid dienone is 13. The standard InChI is InChI=1S/C53H95N2O6P/c1-6-8-10-12-14-16-18-20-22-23-24-25-26-27-28-29-30-31-33-35-37-39-41-43-45-47-53(57)54-51(50-61-62(58,59)60-49-48-55(3,4)5)52(56)46-44-42-40-38-36-34-32-21-19-17-15-13-11-9-7-2/h8,10,14,16,19-22,24-25,36,38,44,46,51-52,56H,6-7,9,11-13,15,17-18,23,26-35,37,39-43,45,47-50H2,1-5H3,(H-,54,57,58,59)/p+1/b10-8-,16-14-,21-19+,22-20-,25-24-,38-36+,46-44+. The van der Waals surface area contributed by atoms with Crippen molar-refractivity contribution in [2.24, 2.45) is 0 Å². The maximum Gasteiger partial charge on any atom is 0.472 e. The van der Waals surface area contributed by atoms with Crippen LogP contribution in [0.1, 0.15) is 194 Å². The minimum Gasteiger partial charge on any atom is -0.387 e. The van der Waals surface area contributed by atoms with Crippen molar-refractivity contribution >= 4 is 13.7 Å². The minimum atomic E-state index is -4.36. The Morgan fingerprint density at radius 3 is 1.48 bits per heavy atom. The van der Waals surface area contributed by atoms with Crippen molar-refractivity contribution in [3.63, 3.8) is 0 Å². The SMILES string of the molecule is CC/C=C\C/C=C\C/C=C\C/C=C\CCCCCCCCCCCCCCC(=O)NC(COP(=O)(O)OCC[N+](C)(C)C)C(O)/C=C/CC/C=C/CC/C=C/CCCCCCC. The number of aliphatic hydroxyl groups is 1. The molecule has 9 heteroatoms. The van der Waals surface area contributed by atoms with Gasteiger partial charge < -0.3 is 19.8 Å². The normalized spacial score (nSPS) is 14.9. The maximum atomic E-state index is 12.9. The molecule has 0 bridgehead atoms. The number of quaternary nitrogens is 1. The van der Waals surface area contributed by atoms with Gasteiger partial charge >= 0.3 is 7.82 Å². The third kappa shape index (κ3) is 45.7. The monoisotopic (exact) mass is 888 g/mol. The number of hydrogen-bond acceptors (Lipinski definition) is 5. The van der Waals surface area contributed by atoms with Gasteiger partial charge in [0.05, 0.1) is 39.9 Å². The first-order valence-corrected chi connectivity index (χ1v) is 26.5. The molecular formula is C53H96N2O6P+. The lowest BCUT2D eigenvalue weighted by Gasteiger charge is -2.25. The molecule has 0 rings (SSSR count). The molecule has 0 aliphatic carbocycles. The average molecular weight is 888 g/mol. The molecule has 3 N–H and O–H groups in total. The van der Waals surface area contributed by atoms with E-state index in [4.69, 9.17) is 9.05 Å². The molecule has 3 atom stereocenters. The predicted octanol–water partition coefficient (Wildman–Crippen LogP) is 14.5. The van der Waals surface area contributed by atoms with Crippen molar-refractivity contribution in [3.8, 4) is 0 Å². The fraction of sp³-hybridized carbons (Fsp3) is 0.717. The van der Waals surface area contributed by atoms with E-state index in [-0.39, 0.29) is 19.1 Å². The molecular weight excluding hydrogens is 792 g/mol. The number of amides is 1. The number of rotatable bonds is 44. The van der Waals surface area contributed by atoms with E-state index in [1.807, 2.05) is 27.2 Å². The van der Waals surface area contributed by atoms with Crippen LogP contribution >= 0.6 is 7.82 Å². The molecule has 0 heterocycles. The first-order valence-electron chi connectivity index (χ1n) is 25.0. The third-order valence-corrected chi connectivity index (χ3v) is 11.6. The van der Waals surface area contributed by atoms with Gasteiger partial charge in [0.25, 0.3) is 0 Å². The predicted molar refractivity (Wildman–Crippen MR) is 267 cm³/mol. The summed E-state index contributed by atoms with van der Waals surface area (Å²) in [5.41, 5.74) is 0. The zero-order valence-electron chi connectivity index (χ0n) is 40.6. The highest BCUT2D eigenvalue weighted by molar-refractivity contribution is 7.47. The van der Waals surface area contributed by atoms with Gasteiger partial charge in [0.2, 0.25) is 5.91 Å². The molecule has 0 aliphatic rings. The molecule has 0 saturated heterocycles. The Balaban J connectivity index is 4.32. The third-order valence-electron chi connectivity index (χ3n) is 10.6.